The third-order valence-corrected chi connectivity index (χ3v) is 6.62. The van der Waals surface area contributed by atoms with Gasteiger partial charge >= 0.3 is 0 Å². The molecule has 0 saturated carbocycles. The van der Waals surface area contributed by atoms with Crippen LogP contribution in [0.3, 0.4) is 0 Å². The van der Waals surface area contributed by atoms with Crippen LogP contribution >= 0.6 is 23.1 Å². The molecule has 0 bridgehead atoms. The van der Waals surface area contributed by atoms with E-state index >= 15 is 0 Å². The normalized spacial score (nSPS) is 10.9. The van der Waals surface area contributed by atoms with Gasteiger partial charge in [0.1, 0.15) is 5.82 Å². The zero-order chi connectivity index (χ0) is 22.6. The average molecular weight is 473 g/mol. The zero-order valence-corrected chi connectivity index (χ0v) is 19.4. The minimum Gasteiger partial charge on any atom is -0.310 e. The van der Waals surface area contributed by atoms with Gasteiger partial charge in [-0.1, -0.05) is 54.2 Å². The summed E-state index contributed by atoms with van der Waals surface area (Å²) in [6.45, 7) is 1.90. The van der Waals surface area contributed by atoms with Gasteiger partial charge in [0.2, 0.25) is 5.91 Å². The van der Waals surface area contributed by atoms with Crippen LogP contribution in [-0.4, -0.2) is 36.2 Å². The van der Waals surface area contributed by atoms with Gasteiger partial charge in [-0.05, 0) is 42.6 Å². The van der Waals surface area contributed by atoms with Crippen LogP contribution in [0.2, 0.25) is 0 Å². The van der Waals surface area contributed by atoms with E-state index in [-0.39, 0.29) is 11.7 Å². The highest BCUT2D eigenvalue weighted by Gasteiger charge is 2.18. The Bertz CT molecular complexity index is 1360. The van der Waals surface area contributed by atoms with Crippen LogP contribution in [0.4, 0.5) is 5.82 Å². The van der Waals surface area contributed by atoms with E-state index in [0.717, 1.165) is 27.8 Å². The van der Waals surface area contributed by atoms with Crippen molar-refractivity contribution in [1.82, 2.24) is 24.5 Å². The Labute approximate surface area is 199 Å². The van der Waals surface area contributed by atoms with Crippen molar-refractivity contribution in [3.63, 3.8) is 0 Å². The van der Waals surface area contributed by atoms with Crippen LogP contribution in [0.15, 0.2) is 89.4 Å². The van der Waals surface area contributed by atoms with Crippen molar-refractivity contribution in [2.75, 3.05) is 11.1 Å². The number of nitrogens with zero attached hydrogens (tertiary/aromatic N) is 5. The number of thiophene rings is 1. The van der Waals surface area contributed by atoms with Gasteiger partial charge in [0.05, 0.1) is 22.0 Å². The number of para-hydroxylation sites is 2. The Morgan fingerprint density at radius 3 is 2.39 bits per heavy atom. The highest BCUT2D eigenvalue weighted by molar-refractivity contribution is 7.99. The average Bonchev–Trinajstić information content (AvgIpc) is 3.58. The number of aromatic nitrogens is 5. The van der Waals surface area contributed by atoms with Crippen LogP contribution in [-0.2, 0) is 4.79 Å². The molecule has 0 atom stereocenters. The van der Waals surface area contributed by atoms with E-state index in [2.05, 4.69) is 20.6 Å². The molecule has 0 aliphatic carbocycles. The van der Waals surface area contributed by atoms with Crippen molar-refractivity contribution in [2.45, 2.75) is 12.1 Å². The van der Waals surface area contributed by atoms with Gasteiger partial charge in [-0.15, -0.1) is 21.5 Å². The second kappa shape index (κ2) is 9.43. The molecule has 0 saturated heterocycles. The molecule has 0 aliphatic heterocycles. The highest BCUT2D eigenvalue weighted by atomic mass is 32.2. The predicted octanol–water partition coefficient (Wildman–Crippen LogP) is 5.22. The zero-order valence-electron chi connectivity index (χ0n) is 17.8. The predicted molar refractivity (Wildman–Crippen MR) is 132 cm³/mol. The SMILES string of the molecule is Cc1cc(NC(=O)CSc2nnc(-c3cccs3)n2-c2ccccc2)n(-c2ccccc2)n1. The van der Waals surface area contributed by atoms with Gasteiger partial charge in [0, 0.05) is 11.8 Å². The molecule has 33 heavy (non-hydrogen) atoms. The number of hydrogen-bond acceptors (Lipinski definition) is 6. The molecular formula is C24H20N6OS2. The Kier molecular flexibility index (Phi) is 6.05. The molecule has 0 aliphatic rings. The maximum atomic E-state index is 12.8. The number of carbonyl (C=O) groups excluding carboxylic acids is 1. The highest BCUT2D eigenvalue weighted by Crippen LogP contribution is 2.30. The van der Waals surface area contributed by atoms with Crippen molar-refractivity contribution in [3.05, 3.63) is 89.9 Å². The van der Waals surface area contributed by atoms with Crippen LogP contribution < -0.4 is 5.32 Å². The number of benzene rings is 2. The number of amides is 1. The Hall–Kier alpha value is -3.69. The Morgan fingerprint density at radius 2 is 1.70 bits per heavy atom. The minimum atomic E-state index is -0.141. The summed E-state index contributed by atoms with van der Waals surface area (Å²) in [6.07, 6.45) is 0. The summed E-state index contributed by atoms with van der Waals surface area (Å²) >= 11 is 2.95. The van der Waals surface area contributed by atoms with Crippen molar-refractivity contribution in [1.29, 1.82) is 0 Å². The lowest BCUT2D eigenvalue weighted by atomic mass is 10.3. The first-order chi connectivity index (χ1) is 16.2. The lowest BCUT2D eigenvalue weighted by molar-refractivity contribution is -0.113. The number of nitrogens with one attached hydrogen (secondary N) is 1. The fourth-order valence-corrected chi connectivity index (χ4v) is 4.85. The quantitative estimate of drug-likeness (QED) is 0.329. The molecule has 9 heteroatoms. The minimum absolute atomic E-state index is 0.141. The summed E-state index contributed by atoms with van der Waals surface area (Å²) in [7, 11) is 0. The largest absolute Gasteiger partial charge is 0.310 e. The molecule has 3 aromatic heterocycles. The van der Waals surface area contributed by atoms with Gasteiger partial charge in [-0.2, -0.15) is 5.10 Å². The summed E-state index contributed by atoms with van der Waals surface area (Å²) in [6, 6.07) is 25.5. The van der Waals surface area contributed by atoms with Gasteiger partial charge < -0.3 is 5.32 Å². The van der Waals surface area contributed by atoms with E-state index < -0.39 is 0 Å². The van der Waals surface area contributed by atoms with Crippen LogP contribution in [0, 0.1) is 6.92 Å². The second-order valence-electron chi connectivity index (χ2n) is 7.21. The van der Waals surface area contributed by atoms with Crippen LogP contribution in [0.25, 0.3) is 22.1 Å². The molecule has 5 aromatic rings. The van der Waals surface area contributed by atoms with E-state index in [1.165, 1.54) is 11.8 Å². The van der Waals surface area contributed by atoms with E-state index in [0.29, 0.717) is 11.0 Å². The summed E-state index contributed by atoms with van der Waals surface area (Å²) < 4.78 is 3.72. The third kappa shape index (κ3) is 4.59. The first-order valence-corrected chi connectivity index (χ1v) is 12.1. The fraction of sp³-hybridized carbons (Fsp3) is 0.0833. The lowest BCUT2D eigenvalue weighted by Crippen LogP contribution is -2.17. The molecule has 0 radical (unpaired) electrons. The molecule has 7 nitrogen and oxygen atoms in total. The summed E-state index contributed by atoms with van der Waals surface area (Å²) in [5.41, 5.74) is 2.66. The van der Waals surface area contributed by atoms with E-state index in [9.17, 15) is 4.79 Å². The number of aryl methyl sites for hydroxylation is 1. The van der Waals surface area contributed by atoms with Crippen molar-refractivity contribution >= 4 is 34.8 Å². The molecule has 3 heterocycles. The number of anilines is 1. The van der Waals surface area contributed by atoms with E-state index in [1.54, 1.807) is 16.0 Å². The van der Waals surface area contributed by atoms with Crippen LogP contribution in [0.1, 0.15) is 5.69 Å². The molecular weight excluding hydrogens is 452 g/mol. The molecule has 1 N–H and O–H groups in total. The third-order valence-electron chi connectivity index (χ3n) is 4.82. The summed E-state index contributed by atoms with van der Waals surface area (Å²) in [5.74, 6) is 1.44. The van der Waals surface area contributed by atoms with Gasteiger partial charge in [-0.25, -0.2) is 4.68 Å². The maximum Gasteiger partial charge on any atom is 0.236 e. The Balaban J connectivity index is 1.36. The monoisotopic (exact) mass is 472 g/mol. The van der Waals surface area contributed by atoms with E-state index in [1.807, 2.05) is 95.7 Å². The van der Waals surface area contributed by atoms with Gasteiger partial charge in [0.15, 0.2) is 11.0 Å². The Morgan fingerprint density at radius 1 is 0.970 bits per heavy atom. The van der Waals surface area contributed by atoms with Crippen molar-refractivity contribution < 1.29 is 4.79 Å². The molecule has 0 fully saturated rings. The van der Waals surface area contributed by atoms with Crippen molar-refractivity contribution in [2.24, 2.45) is 0 Å². The number of carbonyl (C=O) groups is 1. The lowest BCUT2D eigenvalue weighted by Gasteiger charge is -2.10. The topological polar surface area (TPSA) is 77.6 Å². The molecule has 2 aromatic carbocycles. The summed E-state index contributed by atoms with van der Waals surface area (Å²) in [5, 5.41) is 19.0. The first kappa shape index (κ1) is 21.2. The maximum absolute atomic E-state index is 12.8. The summed E-state index contributed by atoms with van der Waals surface area (Å²) in [4.78, 5) is 13.9. The number of thioether (sulfide) groups is 1. The van der Waals surface area contributed by atoms with Crippen molar-refractivity contribution in [3.8, 4) is 22.1 Å². The number of rotatable bonds is 7. The standard InChI is InChI=1S/C24H20N6OS2/c1-17-15-21(30(28-17)19-11-6-3-7-12-19)25-22(31)16-33-24-27-26-23(20-13-8-14-32-20)29(24)18-9-4-2-5-10-18/h2-15H,16H2,1H3,(H,25,31). The molecule has 1 amide bonds. The molecule has 5 rings (SSSR count). The smallest absolute Gasteiger partial charge is 0.236 e. The van der Waals surface area contributed by atoms with Gasteiger partial charge in [-0.3, -0.25) is 9.36 Å². The van der Waals surface area contributed by atoms with Gasteiger partial charge in [0.25, 0.3) is 0 Å². The second-order valence-corrected chi connectivity index (χ2v) is 9.10. The number of hydrogen-bond donors (Lipinski definition) is 1. The molecule has 0 unspecified atom stereocenters. The van der Waals surface area contributed by atoms with Crippen LogP contribution in [0.5, 0.6) is 0 Å². The molecule has 0 spiro atoms. The first-order valence-electron chi connectivity index (χ1n) is 10.3. The molecule has 164 valence electrons. The van der Waals surface area contributed by atoms with E-state index in [4.69, 9.17) is 0 Å². The fourth-order valence-electron chi connectivity index (χ4n) is 3.40.